The van der Waals surface area contributed by atoms with Gasteiger partial charge in [0, 0.05) is 44.3 Å². The minimum Gasteiger partial charge on any atom is -0.368 e. The van der Waals surface area contributed by atoms with Gasteiger partial charge in [-0.05, 0) is 31.5 Å². The van der Waals surface area contributed by atoms with Gasteiger partial charge >= 0.3 is 0 Å². The van der Waals surface area contributed by atoms with Gasteiger partial charge in [0.1, 0.15) is 5.82 Å². The number of amides is 1. The minimum absolute atomic E-state index is 0.0175. The summed E-state index contributed by atoms with van der Waals surface area (Å²) in [5.74, 6) is 0.699. The molecule has 1 aliphatic heterocycles. The first-order valence-electron chi connectivity index (χ1n) is 7.53. The second-order valence-electron chi connectivity index (χ2n) is 5.64. The molecule has 1 amide bonds. The molecule has 2 aromatic rings. The van der Waals surface area contributed by atoms with E-state index in [1.807, 2.05) is 11.8 Å². The van der Waals surface area contributed by atoms with E-state index in [9.17, 15) is 4.79 Å². The van der Waals surface area contributed by atoms with Crippen LogP contribution in [0, 0.1) is 13.8 Å². The maximum atomic E-state index is 12.4. The van der Waals surface area contributed by atoms with Crippen molar-refractivity contribution in [2.45, 2.75) is 13.8 Å². The summed E-state index contributed by atoms with van der Waals surface area (Å²) < 4.78 is 0. The SMILES string of the molecule is Cc1cccc(N2CCN(C(=O)c3cnc(C)nc3)CC2)c1. The largest absolute Gasteiger partial charge is 0.368 e. The first-order valence-corrected chi connectivity index (χ1v) is 7.53. The third-order valence-corrected chi connectivity index (χ3v) is 3.96. The molecule has 1 saturated heterocycles. The molecule has 1 aromatic heterocycles. The number of carbonyl (C=O) groups excluding carboxylic acids is 1. The molecule has 0 spiro atoms. The first-order chi connectivity index (χ1) is 10.6. The van der Waals surface area contributed by atoms with E-state index < -0.39 is 0 Å². The highest BCUT2D eigenvalue weighted by molar-refractivity contribution is 5.93. The number of aromatic nitrogens is 2. The lowest BCUT2D eigenvalue weighted by Gasteiger charge is -2.36. The number of carbonyl (C=O) groups is 1. The molecule has 0 radical (unpaired) electrons. The van der Waals surface area contributed by atoms with Gasteiger partial charge in [-0.15, -0.1) is 0 Å². The van der Waals surface area contributed by atoms with Crippen LogP contribution < -0.4 is 4.90 Å². The highest BCUT2D eigenvalue weighted by Gasteiger charge is 2.22. The lowest BCUT2D eigenvalue weighted by Crippen LogP contribution is -2.48. The van der Waals surface area contributed by atoms with Crippen molar-refractivity contribution >= 4 is 11.6 Å². The maximum Gasteiger partial charge on any atom is 0.257 e. The summed E-state index contributed by atoms with van der Waals surface area (Å²) in [6.45, 7) is 7.06. The standard InChI is InChI=1S/C17H20N4O/c1-13-4-3-5-16(10-13)20-6-8-21(9-7-20)17(22)15-11-18-14(2)19-12-15/h3-5,10-12H,6-9H2,1-2H3. The van der Waals surface area contributed by atoms with Crippen LogP contribution >= 0.6 is 0 Å². The van der Waals surface area contributed by atoms with Crippen LogP contribution in [0.3, 0.4) is 0 Å². The molecule has 5 nitrogen and oxygen atoms in total. The van der Waals surface area contributed by atoms with Crippen molar-refractivity contribution in [1.29, 1.82) is 0 Å². The molecule has 0 saturated carbocycles. The van der Waals surface area contributed by atoms with E-state index in [2.05, 4.69) is 46.1 Å². The predicted octanol–water partition coefficient (Wildman–Crippen LogP) is 2.06. The van der Waals surface area contributed by atoms with Crippen molar-refractivity contribution in [3.63, 3.8) is 0 Å². The van der Waals surface area contributed by atoms with Crippen LogP contribution in [0.1, 0.15) is 21.7 Å². The zero-order chi connectivity index (χ0) is 15.5. The Morgan fingerprint density at radius 3 is 2.36 bits per heavy atom. The normalized spacial score (nSPS) is 15.0. The summed E-state index contributed by atoms with van der Waals surface area (Å²) in [6, 6.07) is 8.48. The number of aryl methyl sites for hydroxylation is 2. The van der Waals surface area contributed by atoms with Gasteiger partial charge < -0.3 is 9.80 Å². The quantitative estimate of drug-likeness (QED) is 0.851. The number of piperazine rings is 1. The predicted molar refractivity (Wildman–Crippen MR) is 86.1 cm³/mol. The topological polar surface area (TPSA) is 49.3 Å². The van der Waals surface area contributed by atoms with Crippen molar-refractivity contribution in [3.05, 3.63) is 53.6 Å². The third-order valence-electron chi connectivity index (χ3n) is 3.96. The average Bonchev–Trinajstić information content (AvgIpc) is 2.55. The molecule has 0 atom stereocenters. The van der Waals surface area contributed by atoms with E-state index in [1.165, 1.54) is 11.3 Å². The Bertz CT molecular complexity index is 661. The Morgan fingerprint density at radius 1 is 1.05 bits per heavy atom. The zero-order valence-electron chi connectivity index (χ0n) is 13.0. The van der Waals surface area contributed by atoms with Crippen molar-refractivity contribution in [2.75, 3.05) is 31.1 Å². The second kappa shape index (κ2) is 6.13. The molecule has 0 N–H and O–H groups in total. The molecule has 0 unspecified atom stereocenters. The van der Waals surface area contributed by atoms with E-state index in [0.717, 1.165) is 26.2 Å². The van der Waals surface area contributed by atoms with Gasteiger partial charge in [-0.2, -0.15) is 0 Å². The molecular weight excluding hydrogens is 276 g/mol. The number of anilines is 1. The summed E-state index contributed by atoms with van der Waals surface area (Å²) in [5.41, 5.74) is 3.05. The number of rotatable bonds is 2. The Morgan fingerprint density at radius 2 is 1.73 bits per heavy atom. The first kappa shape index (κ1) is 14.5. The van der Waals surface area contributed by atoms with Crippen LogP contribution in [-0.4, -0.2) is 47.0 Å². The Hall–Kier alpha value is -2.43. The fraction of sp³-hybridized carbons (Fsp3) is 0.353. The zero-order valence-corrected chi connectivity index (χ0v) is 13.0. The smallest absolute Gasteiger partial charge is 0.257 e. The van der Waals surface area contributed by atoms with Crippen LogP contribution in [0.15, 0.2) is 36.7 Å². The van der Waals surface area contributed by atoms with E-state index in [1.54, 1.807) is 12.4 Å². The molecule has 1 aromatic carbocycles. The van der Waals surface area contributed by atoms with Gasteiger partial charge in [0.2, 0.25) is 0 Å². The number of benzene rings is 1. The van der Waals surface area contributed by atoms with E-state index in [-0.39, 0.29) is 5.91 Å². The van der Waals surface area contributed by atoms with Crippen molar-refractivity contribution in [1.82, 2.24) is 14.9 Å². The molecule has 22 heavy (non-hydrogen) atoms. The average molecular weight is 296 g/mol. The fourth-order valence-electron chi connectivity index (χ4n) is 2.68. The van der Waals surface area contributed by atoms with Crippen LogP contribution in [0.2, 0.25) is 0 Å². The number of hydrogen-bond donors (Lipinski definition) is 0. The van der Waals surface area contributed by atoms with Gasteiger partial charge in [-0.3, -0.25) is 4.79 Å². The van der Waals surface area contributed by atoms with Gasteiger partial charge in [0.05, 0.1) is 5.56 Å². The molecule has 5 heteroatoms. The van der Waals surface area contributed by atoms with Crippen LogP contribution in [0.5, 0.6) is 0 Å². The molecule has 3 rings (SSSR count). The number of nitrogens with zero attached hydrogens (tertiary/aromatic N) is 4. The van der Waals surface area contributed by atoms with Gasteiger partial charge in [-0.1, -0.05) is 12.1 Å². The molecule has 0 aliphatic carbocycles. The van der Waals surface area contributed by atoms with Gasteiger partial charge in [0.25, 0.3) is 5.91 Å². The van der Waals surface area contributed by atoms with Crippen LogP contribution in [0.25, 0.3) is 0 Å². The maximum absolute atomic E-state index is 12.4. The highest BCUT2D eigenvalue weighted by Crippen LogP contribution is 2.18. The third kappa shape index (κ3) is 3.08. The van der Waals surface area contributed by atoms with E-state index in [0.29, 0.717) is 11.4 Å². The molecule has 114 valence electrons. The molecule has 1 aliphatic rings. The van der Waals surface area contributed by atoms with Crippen molar-refractivity contribution < 1.29 is 4.79 Å². The Kier molecular flexibility index (Phi) is 4.04. The summed E-state index contributed by atoms with van der Waals surface area (Å²) in [4.78, 5) is 24.8. The molecule has 2 heterocycles. The number of hydrogen-bond acceptors (Lipinski definition) is 4. The Balaban J connectivity index is 1.64. The molecule has 1 fully saturated rings. The summed E-state index contributed by atoms with van der Waals surface area (Å²) in [5, 5.41) is 0. The highest BCUT2D eigenvalue weighted by atomic mass is 16.2. The molecule has 0 bridgehead atoms. The molecular formula is C17H20N4O. The fourth-order valence-corrected chi connectivity index (χ4v) is 2.68. The second-order valence-corrected chi connectivity index (χ2v) is 5.64. The van der Waals surface area contributed by atoms with Crippen LogP contribution in [-0.2, 0) is 0 Å². The van der Waals surface area contributed by atoms with E-state index in [4.69, 9.17) is 0 Å². The summed E-state index contributed by atoms with van der Waals surface area (Å²) in [7, 11) is 0. The van der Waals surface area contributed by atoms with Gasteiger partial charge in [-0.25, -0.2) is 9.97 Å². The monoisotopic (exact) mass is 296 g/mol. The Labute approximate surface area is 130 Å². The van der Waals surface area contributed by atoms with Gasteiger partial charge in [0.15, 0.2) is 0 Å². The lowest BCUT2D eigenvalue weighted by molar-refractivity contribution is 0.0746. The van der Waals surface area contributed by atoms with Crippen LogP contribution in [0.4, 0.5) is 5.69 Å². The van der Waals surface area contributed by atoms with Crippen molar-refractivity contribution in [3.8, 4) is 0 Å². The summed E-state index contributed by atoms with van der Waals surface area (Å²) in [6.07, 6.45) is 3.22. The van der Waals surface area contributed by atoms with Crippen molar-refractivity contribution in [2.24, 2.45) is 0 Å². The minimum atomic E-state index is 0.0175. The van der Waals surface area contributed by atoms with E-state index >= 15 is 0 Å². The lowest BCUT2D eigenvalue weighted by atomic mass is 10.2. The summed E-state index contributed by atoms with van der Waals surface area (Å²) >= 11 is 0.